The lowest BCUT2D eigenvalue weighted by Gasteiger charge is -2.36. The molecule has 0 spiro atoms. The summed E-state index contributed by atoms with van der Waals surface area (Å²) in [6.07, 6.45) is 8.64. The van der Waals surface area contributed by atoms with E-state index >= 15 is 0 Å². The number of hydrogen-bond donors (Lipinski definition) is 1. The van der Waals surface area contributed by atoms with Gasteiger partial charge in [-0.25, -0.2) is 0 Å². The topological polar surface area (TPSA) is 29.3 Å². The highest BCUT2D eigenvalue weighted by Crippen LogP contribution is 2.49. The van der Waals surface area contributed by atoms with Gasteiger partial charge in [0.05, 0.1) is 0 Å². The maximum absolute atomic E-state index is 6.00. The highest BCUT2D eigenvalue weighted by atomic mass is 15.2. The van der Waals surface area contributed by atoms with E-state index in [2.05, 4.69) is 4.90 Å². The molecule has 14 heavy (non-hydrogen) atoms. The van der Waals surface area contributed by atoms with E-state index in [1.807, 2.05) is 0 Å². The molecule has 80 valence electrons. The van der Waals surface area contributed by atoms with Crippen LogP contribution in [0.1, 0.15) is 38.5 Å². The molecule has 2 atom stereocenters. The van der Waals surface area contributed by atoms with Gasteiger partial charge in [-0.05, 0) is 43.6 Å². The summed E-state index contributed by atoms with van der Waals surface area (Å²) in [6, 6.07) is 0.934. The van der Waals surface area contributed by atoms with Gasteiger partial charge >= 0.3 is 0 Å². The number of nitrogens with two attached hydrogens (primary N) is 1. The summed E-state index contributed by atoms with van der Waals surface area (Å²) in [6.45, 7) is 3.61. The molecule has 0 aromatic carbocycles. The molecule has 1 heterocycles. The fraction of sp³-hybridized carbons (Fsp3) is 1.00. The molecule has 1 aliphatic heterocycles. The first kappa shape index (κ1) is 9.17. The summed E-state index contributed by atoms with van der Waals surface area (Å²) in [4.78, 5) is 2.75. The Kier molecular flexibility index (Phi) is 2.10. The quantitative estimate of drug-likeness (QED) is 0.723. The van der Waals surface area contributed by atoms with Gasteiger partial charge in [0.2, 0.25) is 0 Å². The zero-order valence-corrected chi connectivity index (χ0v) is 9.04. The minimum absolute atomic E-state index is 0.537. The van der Waals surface area contributed by atoms with Gasteiger partial charge in [0, 0.05) is 19.1 Å². The Bertz CT molecular complexity index is 224. The van der Waals surface area contributed by atoms with E-state index in [4.69, 9.17) is 5.73 Å². The molecule has 3 aliphatic rings. The minimum Gasteiger partial charge on any atom is -0.330 e. The van der Waals surface area contributed by atoms with Crippen molar-refractivity contribution in [3.63, 3.8) is 0 Å². The lowest BCUT2D eigenvalue weighted by molar-refractivity contribution is 0.136. The van der Waals surface area contributed by atoms with Crippen LogP contribution >= 0.6 is 0 Å². The zero-order valence-electron chi connectivity index (χ0n) is 9.04. The third-order valence-corrected chi connectivity index (χ3v) is 5.06. The second-order valence-electron chi connectivity index (χ2n) is 5.67. The van der Waals surface area contributed by atoms with Crippen LogP contribution in [0.15, 0.2) is 0 Å². The Morgan fingerprint density at radius 2 is 2.07 bits per heavy atom. The van der Waals surface area contributed by atoms with Crippen LogP contribution in [0.25, 0.3) is 0 Å². The van der Waals surface area contributed by atoms with Crippen LogP contribution in [0.5, 0.6) is 0 Å². The van der Waals surface area contributed by atoms with Crippen molar-refractivity contribution in [2.75, 3.05) is 19.6 Å². The van der Waals surface area contributed by atoms with Crippen molar-refractivity contribution in [2.45, 2.75) is 44.6 Å². The highest BCUT2D eigenvalue weighted by molar-refractivity contribution is 5.03. The lowest BCUT2D eigenvalue weighted by atomic mass is 9.81. The molecule has 0 radical (unpaired) electrons. The minimum atomic E-state index is 0.537. The Hall–Kier alpha value is -0.0800. The van der Waals surface area contributed by atoms with E-state index in [1.165, 1.54) is 51.6 Å². The van der Waals surface area contributed by atoms with Crippen LogP contribution in [0.4, 0.5) is 0 Å². The van der Waals surface area contributed by atoms with E-state index in [0.29, 0.717) is 5.41 Å². The summed E-state index contributed by atoms with van der Waals surface area (Å²) in [5.41, 5.74) is 6.54. The van der Waals surface area contributed by atoms with Crippen LogP contribution < -0.4 is 5.73 Å². The molecule has 2 heteroatoms. The Morgan fingerprint density at radius 3 is 2.64 bits per heavy atom. The van der Waals surface area contributed by atoms with Crippen molar-refractivity contribution < 1.29 is 0 Å². The van der Waals surface area contributed by atoms with E-state index in [1.54, 1.807) is 0 Å². The zero-order chi connectivity index (χ0) is 9.60. The van der Waals surface area contributed by atoms with Gasteiger partial charge in [-0.3, -0.25) is 4.90 Å². The number of rotatable bonds is 2. The van der Waals surface area contributed by atoms with Gasteiger partial charge in [-0.2, -0.15) is 0 Å². The van der Waals surface area contributed by atoms with Crippen molar-refractivity contribution in [2.24, 2.45) is 17.1 Å². The second-order valence-corrected chi connectivity index (χ2v) is 5.67. The predicted molar refractivity (Wildman–Crippen MR) is 58.0 cm³/mol. The first-order chi connectivity index (χ1) is 6.84. The van der Waals surface area contributed by atoms with Crippen LogP contribution in [0, 0.1) is 11.3 Å². The second kappa shape index (κ2) is 3.21. The Morgan fingerprint density at radius 1 is 1.21 bits per heavy atom. The number of fused-ring (bicyclic) bond motifs is 1. The third-order valence-electron chi connectivity index (χ3n) is 5.06. The van der Waals surface area contributed by atoms with Crippen LogP contribution in [0.3, 0.4) is 0 Å². The summed E-state index contributed by atoms with van der Waals surface area (Å²) in [5, 5.41) is 0. The monoisotopic (exact) mass is 194 g/mol. The molecule has 2 N–H and O–H groups in total. The van der Waals surface area contributed by atoms with E-state index in [9.17, 15) is 0 Å². The predicted octanol–water partition coefficient (Wildman–Crippen LogP) is 1.60. The van der Waals surface area contributed by atoms with Crippen LogP contribution in [-0.4, -0.2) is 30.6 Å². The van der Waals surface area contributed by atoms with E-state index in [-0.39, 0.29) is 0 Å². The van der Waals surface area contributed by atoms with Gasteiger partial charge in [-0.15, -0.1) is 0 Å². The molecular weight excluding hydrogens is 172 g/mol. The van der Waals surface area contributed by atoms with Gasteiger partial charge in [-0.1, -0.05) is 12.8 Å². The van der Waals surface area contributed by atoms with Gasteiger partial charge in [0.15, 0.2) is 0 Å². The summed E-state index contributed by atoms with van der Waals surface area (Å²) in [7, 11) is 0. The van der Waals surface area contributed by atoms with E-state index < -0.39 is 0 Å². The summed E-state index contributed by atoms with van der Waals surface area (Å²) in [5.74, 6) is 0.938. The molecule has 2 nitrogen and oxygen atoms in total. The maximum Gasteiger partial charge on any atom is 0.00956 e. The van der Waals surface area contributed by atoms with Crippen LogP contribution in [-0.2, 0) is 0 Å². The van der Waals surface area contributed by atoms with Gasteiger partial charge in [0.25, 0.3) is 0 Å². The summed E-state index contributed by atoms with van der Waals surface area (Å²) < 4.78 is 0. The van der Waals surface area contributed by atoms with Gasteiger partial charge in [0.1, 0.15) is 0 Å². The lowest BCUT2D eigenvalue weighted by Crippen LogP contribution is -2.41. The normalized spacial score (nSPS) is 43.9. The first-order valence-electron chi connectivity index (χ1n) is 6.28. The fourth-order valence-electron chi connectivity index (χ4n) is 3.82. The SMILES string of the molecule is NCC12CCCC1CN(C1CCC1)C2. The average Bonchev–Trinajstić information content (AvgIpc) is 2.57. The average molecular weight is 194 g/mol. The van der Waals surface area contributed by atoms with Crippen molar-refractivity contribution in [1.82, 2.24) is 4.90 Å². The summed E-state index contributed by atoms with van der Waals surface area (Å²) >= 11 is 0. The van der Waals surface area contributed by atoms with E-state index in [0.717, 1.165) is 18.5 Å². The molecule has 1 saturated heterocycles. The van der Waals surface area contributed by atoms with Crippen molar-refractivity contribution in [3.8, 4) is 0 Å². The number of nitrogens with zero attached hydrogens (tertiary/aromatic N) is 1. The fourth-order valence-corrected chi connectivity index (χ4v) is 3.82. The molecule has 0 bridgehead atoms. The molecule has 2 saturated carbocycles. The molecular formula is C12H22N2. The van der Waals surface area contributed by atoms with Crippen LogP contribution in [0.2, 0.25) is 0 Å². The van der Waals surface area contributed by atoms with Crippen molar-refractivity contribution in [1.29, 1.82) is 0 Å². The standard InChI is InChI=1S/C12H22N2/c13-8-12-6-2-3-10(12)7-14(9-12)11-4-1-5-11/h10-11H,1-9,13H2. The van der Waals surface area contributed by atoms with Crippen molar-refractivity contribution in [3.05, 3.63) is 0 Å². The van der Waals surface area contributed by atoms with Gasteiger partial charge < -0.3 is 5.73 Å². The molecule has 2 unspecified atom stereocenters. The highest BCUT2D eigenvalue weighted by Gasteiger charge is 2.50. The first-order valence-corrected chi connectivity index (χ1v) is 6.28. The molecule has 0 amide bonds. The number of likely N-dealkylation sites (tertiary alicyclic amines) is 1. The smallest absolute Gasteiger partial charge is 0.00956 e. The molecule has 3 rings (SSSR count). The van der Waals surface area contributed by atoms with Crippen molar-refractivity contribution >= 4 is 0 Å². The molecule has 0 aromatic rings. The molecule has 2 aliphatic carbocycles. The molecule has 3 fully saturated rings. The number of hydrogen-bond acceptors (Lipinski definition) is 2. The third kappa shape index (κ3) is 1.17. The Balaban J connectivity index is 1.72. The molecule has 0 aromatic heterocycles. The maximum atomic E-state index is 6.00. The largest absolute Gasteiger partial charge is 0.330 e. The Labute approximate surface area is 86.8 Å².